The molecule has 0 saturated heterocycles. The highest BCUT2D eigenvalue weighted by atomic mass is 16.5. The Morgan fingerprint density at radius 1 is 1.12 bits per heavy atom. The predicted octanol–water partition coefficient (Wildman–Crippen LogP) is 3.29. The molecular formula is C18H27N5O. The summed E-state index contributed by atoms with van der Waals surface area (Å²) in [6.07, 6.45) is 1.07. The van der Waals surface area contributed by atoms with Crippen LogP contribution in [0.3, 0.4) is 0 Å². The van der Waals surface area contributed by atoms with Crippen LogP contribution in [0.5, 0.6) is 5.75 Å². The molecule has 2 N–H and O–H groups in total. The van der Waals surface area contributed by atoms with Gasteiger partial charge in [-0.05, 0) is 65.2 Å². The third-order valence-electron chi connectivity index (χ3n) is 3.36. The molecule has 0 radical (unpaired) electrons. The normalized spacial score (nSPS) is 10.7. The summed E-state index contributed by atoms with van der Waals surface area (Å²) in [4.78, 5) is 11.1. The van der Waals surface area contributed by atoms with Crippen molar-refractivity contribution in [3.8, 4) is 5.75 Å². The highest BCUT2D eigenvalue weighted by molar-refractivity contribution is 5.56. The Bertz CT molecular complexity index is 628. The van der Waals surface area contributed by atoms with Crippen molar-refractivity contribution in [2.45, 2.75) is 20.3 Å². The van der Waals surface area contributed by atoms with Gasteiger partial charge in [-0.25, -0.2) is 4.98 Å². The first-order valence-corrected chi connectivity index (χ1v) is 8.31. The van der Waals surface area contributed by atoms with Gasteiger partial charge in [0.25, 0.3) is 0 Å². The second-order valence-electron chi connectivity index (χ2n) is 5.88. The molecule has 2 rings (SSSR count). The second kappa shape index (κ2) is 9.08. The molecule has 6 nitrogen and oxygen atoms in total. The average Bonchev–Trinajstić information content (AvgIpc) is 2.53. The minimum Gasteiger partial charge on any atom is -0.494 e. The average molecular weight is 329 g/mol. The summed E-state index contributed by atoms with van der Waals surface area (Å²) in [5, 5.41) is 6.59. The fourth-order valence-corrected chi connectivity index (χ4v) is 2.26. The number of hydrogen-bond acceptors (Lipinski definition) is 6. The van der Waals surface area contributed by atoms with Crippen molar-refractivity contribution in [2.24, 2.45) is 0 Å². The van der Waals surface area contributed by atoms with Crippen molar-refractivity contribution in [3.63, 3.8) is 0 Å². The Hall–Kier alpha value is -2.34. The van der Waals surface area contributed by atoms with E-state index in [1.54, 1.807) is 0 Å². The molecule has 0 aliphatic heterocycles. The van der Waals surface area contributed by atoms with Gasteiger partial charge in [-0.3, -0.25) is 0 Å². The van der Waals surface area contributed by atoms with Crippen LogP contribution in [0.25, 0.3) is 0 Å². The van der Waals surface area contributed by atoms with Gasteiger partial charge < -0.3 is 20.3 Å². The van der Waals surface area contributed by atoms with Crippen LogP contribution in [-0.2, 0) is 0 Å². The summed E-state index contributed by atoms with van der Waals surface area (Å²) in [7, 11) is 4.15. The second-order valence-corrected chi connectivity index (χ2v) is 5.88. The Kier molecular flexibility index (Phi) is 6.81. The summed E-state index contributed by atoms with van der Waals surface area (Å²) in [5.41, 5.74) is 1.86. The molecule has 0 aliphatic rings. The van der Waals surface area contributed by atoms with Gasteiger partial charge in [-0.1, -0.05) is 0 Å². The minimum absolute atomic E-state index is 0.592. The van der Waals surface area contributed by atoms with Gasteiger partial charge in [0.15, 0.2) is 0 Å². The number of benzene rings is 1. The van der Waals surface area contributed by atoms with Crippen molar-refractivity contribution in [2.75, 3.05) is 44.4 Å². The number of aromatic nitrogens is 2. The number of hydrogen-bond donors (Lipinski definition) is 2. The van der Waals surface area contributed by atoms with E-state index in [1.165, 1.54) is 0 Å². The fraction of sp³-hybridized carbons (Fsp3) is 0.444. The predicted molar refractivity (Wildman–Crippen MR) is 99.3 cm³/mol. The van der Waals surface area contributed by atoms with Gasteiger partial charge in [-0.15, -0.1) is 0 Å². The number of nitrogens with zero attached hydrogens (tertiary/aromatic N) is 3. The molecule has 0 unspecified atom stereocenters. The zero-order chi connectivity index (χ0) is 17.4. The van der Waals surface area contributed by atoms with Crippen LogP contribution in [-0.4, -0.2) is 48.7 Å². The lowest BCUT2D eigenvalue weighted by atomic mass is 10.3. The minimum atomic E-state index is 0.592. The van der Waals surface area contributed by atoms with Crippen LogP contribution in [0.2, 0.25) is 0 Å². The van der Waals surface area contributed by atoms with E-state index in [0.29, 0.717) is 12.6 Å². The lowest BCUT2D eigenvalue weighted by Crippen LogP contribution is -2.16. The first kappa shape index (κ1) is 18.0. The van der Waals surface area contributed by atoms with Crippen LogP contribution in [0.15, 0.2) is 30.3 Å². The van der Waals surface area contributed by atoms with E-state index in [4.69, 9.17) is 4.74 Å². The summed E-state index contributed by atoms with van der Waals surface area (Å²) in [5.74, 6) is 2.29. The van der Waals surface area contributed by atoms with E-state index in [2.05, 4.69) is 39.6 Å². The van der Waals surface area contributed by atoms with E-state index in [9.17, 15) is 0 Å². The molecule has 130 valence electrons. The molecule has 0 saturated carbocycles. The monoisotopic (exact) mass is 329 g/mol. The molecule has 0 atom stereocenters. The van der Waals surface area contributed by atoms with Crippen molar-refractivity contribution < 1.29 is 4.74 Å². The lowest BCUT2D eigenvalue weighted by Gasteiger charge is -2.12. The lowest BCUT2D eigenvalue weighted by molar-refractivity contribution is 0.340. The highest BCUT2D eigenvalue weighted by Gasteiger charge is 2.03. The molecule has 6 heteroatoms. The third kappa shape index (κ3) is 6.04. The van der Waals surface area contributed by atoms with Gasteiger partial charge in [-0.2, -0.15) is 4.98 Å². The molecule has 0 spiro atoms. The summed E-state index contributed by atoms with van der Waals surface area (Å²) < 4.78 is 5.45. The van der Waals surface area contributed by atoms with Gasteiger partial charge in [0.2, 0.25) is 5.95 Å². The van der Waals surface area contributed by atoms with Gasteiger partial charge in [0.1, 0.15) is 11.6 Å². The Morgan fingerprint density at radius 3 is 2.54 bits per heavy atom. The maximum absolute atomic E-state index is 5.45. The maximum Gasteiger partial charge on any atom is 0.229 e. The molecule has 24 heavy (non-hydrogen) atoms. The molecule has 2 aromatic rings. The number of nitrogens with one attached hydrogen (secondary N) is 2. The van der Waals surface area contributed by atoms with E-state index < -0.39 is 0 Å². The largest absolute Gasteiger partial charge is 0.494 e. The van der Waals surface area contributed by atoms with Crippen molar-refractivity contribution in [1.82, 2.24) is 14.9 Å². The Balaban J connectivity index is 1.97. The van der Waals surface area contributed by atoms with Crippen LogP contribution in [0.1, 0.15) is 19.0 Å². The summed E-state index contributed by atoms with van der Waals surface area (Å²) in [6, 6.07) is 9.74. The standard InChI is InChI=1S/C18H27N5O/c1-5-24-16-9-7-15(8-10-16)21-18-20-14(2)13-17(22-18)19-11-6-12-23(3)4/h7-10,13H,5-6,11-12H2,1-4H3,(H2,19,20,21,22). The quantitative estimate of drug-likeness (QED) is 0.688. The molecule has 1 heterocycles. The van der Waals surface area contributed by atoms with Crippen molar-refractivity contribution >= 4 is 17.5 Å². The van der Waals surface area contributed by atoms with Crippen LogP contribution < -0.4 is 15.4 Å². The molecule has 1 aromatic heterocycles. The van der Waals surface area contributed by atoms with Crippen LogP contribution in [0.4, 0.5) is 17.5 Å². The molecule has 0 amide bonds. The van der Waals surface area contributed by atoms with Gasteiger partial charge >= 0.3 is 0 Å². The maximum atomic E-state index is 5.45. The van der Waals surface area contributed by atoms with E-state index in [-0.39, 0.29) is 0 Å². The zero-order valence-electron chi connectivity index (χ0n) is 15.0. The zero-order valence-corrected chi connectivity index (χ0v) is 15.0. The highest BCUT2D eigenvalue weighted by Crippen LogP contribution is 2.19. The fourth-order valence-electron chi connectivity index (χ4n) is 2.26. The Morgan fingerprint density at radius 2 is 1.88 bits per heavy atom. The smallest absolute Gasteiger partial charge is 0.229 e. The van der Waals surface area contributed by atoms with E-state index in [1.807, 2.05) is 44.2 Å². The first-order valence-electron chi connectivity index (χ1n) is 8.31. The van der Waals surface area contributed by atoms with Crippen LogP contribution >= 0.6 is 0 Å². The number of aryl methyl sites for hydroxylation is 1. The van der Waals surface area contributed by atoms with Gasteiger partial charge in [0.05, 0.1) is 6.61 Å². The van der Waals surface area contributed by atoms with E-state index in [0.717, 1.165) is 42.5 Å². The molecule has 0 bridgehead atoms. The SMILES string of the molecule is CCOc1ccc(Nc2nc(C)cc(NCCCN(C)C)n2)cc1. The first-order chi connectivity index (χ1) is 11.6. The van der Waals surface area contributed by atoms with E-state index >= 15 is 0 Å². The number of rotatable bonds is 9. The molecule has 0 fully saturated rings. The summed E-state index contributed by atoms with van der Waals surface area (Å²) >= 11 is 0. The van der Waals surface area contributed by atoms with Crippen molar-refractivity contribution in [1.29, 1.82) is 0 Å². The van der Waals surface area contributed by atoms with Crippen molar-refractivity contribution in [3.05, 3.63) is 36.0 Å². The Labute approximate surface area is 144 Å². The summed E-state index contributed by atoms with van der Waals surface area (Å²) in [6.45, 7) is 6.54. The van der Waals surface area contributed by atoms with Crippen LogP contribution in [0, 0.1) is 6.92 Å². The number of ether oxygens (including phenoxy) is 1. The number of anilines is 3. The molecule has 0 aliphatic carbocycles. The molecular weight excluding hydrogens is 302 g/mol. The third-order valence-corrected chi connectivity index (χ3v) is 3.36. The topological polar surface area (TPSA) is 62.3 Å². The van der Waals surface area contributed by atoms with Gasteiger partial charge in [0, 0.05) is 24.0 Å². The molecule has 1 aromatic carbocycles.